The maximum absolute atomic E-state index is 10.6. The summed E-state index contributed by atoms with van der Waals surface area (Å²) in [5.74, 6) is 0.859. The number of hydrogen-bond donors (Lipinski definition) is 0. The van der Waals surface area contributed by atoms with Gasteiger partial charge in [0.15, 0.2) is 0 Å². The smallest absolute Gasteiger partial charge is 0.150 e. The molecule has 0 saturated heterocycles. The average Bonchev–Trinajstić information content (AvgIpc) is 2.45. The fraction of sp³-hybridized carbons (Fsp3) is 0.278. The van der Waals surface area contributed by atoms with Gasteiger partial charge in [-0.2, -0.15) is 0 Å². The van der Waals surface area contributed by atoms with Gasteiger partial charge in [-0.3, -0.25) is 4.79 Å². The maximum Gasteiger partial charge on any atom is 0.150 e. The van der Waals surface area contributed by atoms with E-state index in [2.05, 4.69) is 32.9 Å². The average molecular weight is 268 g/mol. The molecule has 0 aliphatic rings. The van der Waals surface area contributed by atoms with Gasteiger partial charge < -0.3 is 4.74 Å². The van der Waals surface area contributed by atoms with Gasteiger partial charge in [0.25, 0.3) is 0 Å². The third-order valence-corrected chi connectivity index (χ3v) is 3.24. The number of hydrogen-bond acceptors (Lipinski definition) is 2. The summed E-state index contributed by atoms with van der Waals surface area (Å²) in [6.45, 7) is 7.08. The quantitative estimate of drug-likeness (QED) is 0.769. The summed E-state index contributed by atoms with van der Waals surface area (Å²) in [5, 5.41) is 0. The molecular weight excluding hydrogens is 248 g/mol. The van der Waals surface area contributed by atoms with E-state index in [-0.39, 0.29) is 5.41 Å². The van der Waals surface area contributed by atoms with E-state index in [9.17, 15) is 4.79 Å². The van der Waals surface area contributed by atoms with Crippen molar-refractivity contribution >= 4 is 6.29 Å². The molecule has 2 nitrogen and oxygen atoms in total. The number of benzene rings is 2. The van der Waals surface area contributed by atoms with Crippen molar-refractivity contribution in [1.82, 2.24) is 0 Å². The largest absolute Gasteiger partial charge is 0.489 e. The van der Waals surface area contributed by atoms with Crippen molar-refractivity contribution in [3.63, 3.8) is 0 Å². The normalized spacial score (nSPS) is 11.2. The SMILES string of the molecule is CC(C)(C)c1ccc(OCc2ccc(C=O)cc2)cc1. The summed E-state index contributed by atoms with van der Waals surface area (Å²) in [4.78, 5) is 10.6. The molecule has 0 N–H and O–H groups in total. The zero-order chi connectivity index (χ0) is 14.6. The molecule has 0 fully saturated rings. The predicted octanol–water partition coefficient (Wildman–Crippen LogP) is 4.38. The van der Waals surface area contributed by atoms with Gasteiger partial charge in [0.1, 0.15) is 18.6 Å². The fourth-order valence-corrected chi connectivity index (χ4v) is 1.91. The van der Waals surface area contributed by atoms with Crippen LogP contribution in [-0.2, 0) is 12.0 Å². The molecule has 2 heteroatoms. The van der Waals surface area contributed by atoms with Crippen molar-refractivity contribution in [2.24, 2.45) is 0 Å². The molecule has 0 saturated carbocycles. The third kappa shape index (κ3) is 3.70. The van der Waals surface area contributed by atoms with Gasteiger partial charge in [-0.1, -0.05) is 57.2 Å². The third-order valence-electron chi connectivity index (χ3n) is 3.24. The van der Waals surface area contributed by atoms with Gasteiger partial charge in [-0.05, 0) is 28.7 Å². The lowest BCUT2D eigenvalue weighted by atomic mass is 9.87. The summed E-state index contributed by atoms with van der Waals surface area (Å²) in [5.41, 5.74) is 3.18. The first-order valence-corrected chi connectivity index (χ1v) is 6.76. The van der Waals surface area contributed by atoms with E-state index in [0.29, 0.717) is 12.2 Å². The maximum atomic E-state index is 10.6. The minimum absolute atomic E-state index is 0.156. The van der Waals surface area contributed by atoms with Gasteiger partial charge in [-0.25, -0.2) is 0 Å². The topological polar surface area (TPSA) is 26.3 Å². The zero-order valence-corrected chi connectivity index (χ0v) is 12.2. The second kappa shape index (κ2) is 5.91. The summed E-state index contributed by atoms with van der Waals surface area (Å²) >= 11 is 0. The van der Waals surface area contributed by atoms with E-state index in [0.717, 1.165) is 17.6 Å². The Morgan fingerprint density at radius 1 is 0.950 bits per heavy atom. The highest BCUT2D eigenvalue weighted by Gasteiger charge is 2.12. The van der Waals surface area contributed by atoms with Crippen LogP contribution in [0.1, 0.15) is 42.3 Å². The Morgan fingerprint density at radius 3 is 2.05 bits per heavy atom. The molecule has 0 bridgehead atoms. The van der Waals surface area contributed by atoms with Crippen molar-refractivity contribution in [2.75, 3.05) is 0 Å². The Balaban J connectivity index is 1.98. The molecule has 0 spiro atoms. The summed E-state index contributed by atoms with van der Waals surface area (Å²) in [7, 11) is 0. The second-order valence-electron chi connectivity index (χ2n) is 5.92. The molecule has 0 atom stereocenters. The van der Waals surface area contributed by atoms with Crippen molar-refractivity contribution in [3.05, 3.63) is 65.2 Å². The van der Waals surface area contributed by atoms with Crippen molar-refractivity contribution in [1.29, 1.82) is 0 Å². The van der Waals surface area contributed by atoms with E-state index in [1.807, 2.05) is 24.3 Å². The lowest BCUT2D eigenvalue weighted by molar-refractivity contribution is 0.112. The zero-order valence-electron chi connectivity index (χ0n) is 12.2. The standard InChI is InChI=1S/C18H20O2/c1-18(2,3)16-8-10-17(11-9-16)20-13-15-6-4-14(12-19)5-7-15/h4-12H,13H2,1-3H3. The Kier molecular flexibility index (Phi) is 4.23. The van der Waals surface area contributed by atoms with E-state index in [4.69, 9.17) is 4.74 Å². The molecule has 0 unspecified atom stereocenters. The Bertz CT molecular complexity index is 560. The van der Waals surface area contributed by atoms with E-state index in [1.54, 1.807) is 12.1 Å². The van der Waals surface area contributed by atoms with Crippen LogP contribution in [0.3, 0.4) is 0 Å². The van der Waals surface area contributed by atoms with E-state index >= 15 is 0 Å². The van der Waals surface area contributed by atoms with Gasteiger partial charge in [0, 0.05) is 5.56 Å². The lowest BCUT2D eigenvalue weighted by Gasteiger charge is -2.19. The molecule has 0 aliphatic heterocycles. The first kappa shape index (κ1) is 14.3. The summed E-state index contributed by atoms with van der Waals surface area (Å²) in [6.07, 6.45) is 0.843. The molecule has 0 aliphatic carbocycles. The van der Waals surface area contributed by atoms with Crippen molar-refractivity contribution in [3.8, 4) is 5.75 Å². The number of aldehydes is 1. The van der Waals surface area contributed by atoms with Gasteiger partial charge >= 0.3 is 0 Å². The number of rotatable bonds is 4. The Labute approximate surface area is 120 Å². The Hall–Kier alpha value is -2.09. The monoisotopic (exact) mass is 268 g/mol. The van der Waals surface area contributed by atoms with Crippen LogP contribution in [0.2, 0.25) is 0 Å². The first-order valence-electron chi connectivity index (χ1n) is 6.76. The highest BCUT2D eigenvalue weighted by atomic mass is 16.5. The molecule has 0 radical (unpaired) electrons. The van der Waals surface area contributed by atoms with Crippen LogP contribution in [0.25, 0.3) is 0 Å². The summed E-state index contributed by atoms with van der Waals surface area (Å²) in [6, 6.07) is 15.6. The molecular formula is C18H20O2. The number of ether oxygens (including phenoxy) is 1. The van der Waals surface area contributed by atoms with Crippen LogP contribution in [0, 0.1) is 0 Å². The summed E-state index contributed by atoms with van der Waals surface area (Å²) < 4.78 is 5.74. The highest BCUT2D eigenvalue weighted by Crippen LogP contribution is 2.24. The molecule has 0 amide bonds. The van der Waals surface area contributed by atoms with Crippen LogP contribution in [-0.4, -0.2) is 6.29 Å². The molecule has 0 heterocycles. The van der Waals surface area contributed by atoms with Gasteiger partial charge in [-0.15, -0.1) is 0 Å². The van der Waals surface area contributed by atoms with E-state index in [1.165, 1.54) is 5.56 Å². The number of carbonyl (C=O) groups is 1. The molecule has 104 valence electrons. The predicted molar refractivity (Wildman–Crippen MR) is 81.3 cm³/mol. The molecule has 2 aromatic rings. The van der Waals surface area contributed by atoms with Gasteiger partial charge in [0.2, 0.25) is 0 Å². The van der Waals surface area contributed by atoms with Crippen LogP contribution < -0.4 is 4.74 Å². The molecule has 2 rings (SSSR count). The molecule has 2 aromatic carbocycles. The van der Waals surface area contributed by atoms with Crippen LogP contribution in [0.5, 0.6) is 5.75 Å². The lowest BCUT2D eigenvalue weighted by Crippen LogP contribution is -2.10. The van der Waals surface area contributed by atoms with Crippen molar-refractivity contribution < 1.29 is 9.53 Å². The van der Waals surface area contributed by atoms with Crippen LogP contribution >= 0.6 is 0 Å². The molecule has 0 aromatic heterocycles. The Morgan fingerprint density at radius 2 is 1.55 bits per heavy atom. The van der Waals surface area contributed by atoms with Gasteiger partial charge in [0.05, 0.1) is 0 Å². The highest BCUT2D eigenvalue weighted by molar-refractivity contribution is 5.74. The van der Waals surface area contributed by atoms with Crippen LogP contribution in [0.15, 0.2) is 48.5 Å². The number of carbonyl (C=O) groups excluding carboxylic acids is 1. The van der Waals surface area contributed by atoms with Crippen molar-refractivity contribution in [2.45, 2.75) is 32.8 Å². The minimum atomic E-state index is 0.156. The minimum Gasteiger partial charge on any atom is -0.489 e. The second-order valence-corrected chi connectivity index (χ2v) is 5.92. The van der Waals surface area contributed by atoms with E-state index < -0.39 is 0 Å². The first-order chi connectivity index (χ1) is 9.49. The fourth-order valence-electron chi connectivity index (χ4n) is 1.91. The molecule has 20 heavy (non-hydrogen) atoms. The van der Waals surface area contributed by atoms with Crippen LogP contribution in [0.4, 0.5) is 0 Å².